The lowest BCUT2D eigenvalue weighted by atomic mass is 10.2. The molecule has 8 heteroatoms. The molecule has 0 bridgehead atoms. The quantitative estimate of drug-likeness (QED) is 0.472. The maximum Gasteiger partial charge on any atom is 0.274 e. The topological polar surface area (TPSA) is 72.6 Å². The van der Waals surface area contributed by atoms with Gasteiger partial charge in [-0.05, 0) is 44.1 Å². The molecule has 1 atom stereocenters. The van der Waals surface area contributed by atoms with Crippen LogP contribution in [0.15, 0.2) is 40.2 Å². The third-order valence-electron chi connectivity index (χ3n) is 4.41. The van der Waals surface area contributed by atoms with Crippen LogP contribution in [0, 0.1) is 6.92 Å². The van der Waals surface area contributed by atoms with Crippen molar-refractivity contribution in [2.75, 3.05) is 13.2 Å². The zero-order chi connectivity index (χ0) is 18.5. The summed E-state index contributed by atoms with van der Waals surface area (Å²) in [5.74, 6) is 0. The van der Waals surface area contributed by atoms with E-state index in [1.165, 1.54) is 0 Å². The van der Waals surface area contributed by atoms with Crippen LogP contribution in [0.3, 0.4) is 0 Å². The number of thiocarbonyl (C=S) groups is 1. The standard InChI is InChI=1S/C18H23N5O2S/c1-13-16(12-20-21-18(26)19-11-15-9-6-10-25-15)22(2)23(17(13)24)14-7-4-3-5-8-14/h3-5,7-8,12,15H,6,9-11H2,1-2H3,(H2,19,21,26)/b20-12-/t15-/m0/s1. The Morgan fingerprint density at radius 1 is 1.42 bits per heavy atom. The number of benzene rings is 1. The number of hydrogen-bond acceptors (Lipinski definition) is 4. The average Bonchev–Trinajstić information content (AvgIpc) is 3.23. The summed E-state index contributed by atoms with van der Waals surface area (Å²) in [6.07, 6.45) is 3.96. The van der Waals surface area contributed by atoms with E-state index in [9.17, 15) is 4.79 Å². The van der Waals surface area contributed by atoms with Crippen molar-refractivity contribution in [1.82, 2.24) is 20.1 Å². The highest BCUT2D eigenvalue weighted by Crippen LogP contribution is 2.10. The van der Waals surface area contributed by atoms with E-state index in [-0.39, 0.29) is 11.7 Å². The maximum absolute atomic E-state index is 12.6. The van der Waals surface area contributed by atoms with Crippen LogP contribution in [0.5, 0.6) is 0 Å². The van der Waals surface area contributed by atoms with Crippen LogP contribution in [0.2, 0.25) is 0 Å². The molecule has 1 saturated heterocycles. The molecule has 2 N–H and O–H groups in total. The fourth-order valence-corrected chi connectivity index (χ4v) is 3.13. The number of aromatic nitrogens is 2. The second kappa shape index (κ2) is 8.29. The molecule has 1 aromatic carbocycles. The van der Waals surface area contributed by atoms with Gasteiger partial charge in [0, 0.05) is 25.8 Å². The van der Waals surface area contributed by atoms with Gasteiger partial charge in [0.2, 0.25) is 0 Å². The van der Waals surface area contributed by atoms with Crippen LogP contribution in [-0.4, -0.2) is 39.9 Å². The van der Waals surface area contributed by atoms with Gasteiger partial charge in [-0.1, -0.05) is 18.2 Å². The molecule has 0 aliphatic carbocycles. The van der Waals surface area contributed by atoms with E-state index in [1.54, 1.807) is 22.5 Å². The van der Waals surface area contributed by atoms with Crippen molar-refractivity contribution in [2.24, 2.45) is 12.1 Å². The summed E-state index contributed by atoms with van der Waals surface area (Å²) < 4.78 is 8.93. The molecule has 1 aliphatic heterocycles. The summed E-state index contributed by atoms with van der Waals surface area (Å²) in [6, 6.07) is 9.50. The van der Waals surface area contributed by atoms with E-state index in [0.717, 1.165) is 25.1 Å². The zero-order valence-electron chi connectivity index (χ0n) is 14.9. The highest BCUT2D eigenvalue weighted by atomic mass is 32.1. The van der Waals surface area contributed by atoms with Crippen LogP contribution >= 0.6 is 12.2 Å². The van der Waals surface area contributed by atoms with Gasteiger partial charge in [-0.15, -0.1) is 0 Å². The van der Waals surface area contributed by atoms with E-state index < -0.39 is 0 Å². The Bertz CT molecular complexity index is 850. The predicted molar refractivity (Wildman–Crippen MR) is 106 cm³/mol. The Labute approximate surface area is 157 Å². The van der Waals surface area contributed by atoms with Gasteiger partial charge in [-0.3, -0.25) is 14.9 Å². The molecule has 0 radical (unpaired) electrons. The Morgan fingerprint density at radius 2 is 2.19 bits per heavy atom. The molecule has 0 amide bonds. The lowest BCUT2D eigenvalue weighted by Gasteiger charge is -2.11. The first kappa shape index (κ1) is 18.3. The molecule has 1 aliphatic rings. The zero-order valence-corrected chi connectivity index (χ0v) is 15.8. The van der Waals surface area contributed by atoms with Gasteiger partial charge in [0.15, 0.2) is 5.11 Å². The van der Waals surface area contributed by atoms with Crippen LogP contribution in [-0.2, 0) is 11.8 Å². The summed E-state index contributed by atoms with van der Waals surface area (Å²) in [5.41, 5.74) is 4.87. The molecule has 138 valence electrons. The molecule has 0 spiro atoms. The van der Waals surface area contributed by atoms with Gasteiger partial charge in [-0.2, -0.15) is 5.10 Å². The molecule has 0 saturated carbocycles. The molecule has 3 rings (SSSR count). The van der Waals surface area contributed by atoms with Crippen molar-refractivity contribution in [3.8, 4) is 5.69 Å². The number of nitrogens with one attached hydrogen (secondary N) is 2. The first-order chi connectivity index (χ1) is 12.6. The number of rotatable bonds is 5. The molecule has 1 fully saturated rings. The number of hydrogen-bond donors (Lipinski definition) is 2. The van der Waals surface area contributed by atoms with Gasteiger partial charge in [0.1, 0.15) is 0 Å². The fraction of sp³-hybridized carbons (Fsp3) is 0.389. The van der Waals surface area contributed by atoms with Crippen molar-refractivity contribution < 1.29 is 4.74 Å². The van der Waals surface area contributed by atoms with E-state index in [1.807, 2.05) is 37.4 Å². The molecular formula is C18H23N5O2S. The Morgan fingerprint density at radius 3 is 2.88 bits per heavy atom. The second-order valence-electron chi connectivity index (χ2n) is 6.20. The van der Waals surface area contributed by atoms with Crippen LogP contribution in [0.1, 0.15) is 24.1 Å². The first-order valence-corrected chi connectivity index (χ1v) is 9.01. The molecule has 2 aromatic rings. The minimum atomic E-state index is -0.0702. The van der Waals surface area contributed by atoms with Gasteiger partial charge < -0.3 is 10.1 Å². The lowest BCUT2D eigenvalue weighted by Crippen LogP contribution is -2.37. The van der Waals surface area contributed by atoms with E-state index in [4.69, 9.17) is 17.0 Å². The lowest BCUT2D eigenvalue weighted by molar-refractivity contribution is 0.114. The normalized spacial score (nSPS) is 16.9. The SMILES string of the molecule is Cc1c(/C=N\NC(=S)NC[C@@H]2CCCO2)n(C)n(-c2ccccc2)c1=O. The number of para-hydroxylation sites is 1. The van der Waals surface area contributed by atoms with Crippen LogP contribution in [0.25, 0.3) is 5.69 Å². The summed E-state index contributed by atoms with van der Waals surface area (Å²) >= 11 is 5.21. The summed E-state index contributed by atoms with van der Waals surface area (Å²) in [4.78, 5) is 12.6. The van der Waals surface area contributed by atoms with Crippen LogP contribution < -0.4 is 16.3 Å². The first-order valence-electron chi connectivity index (χ1n) is 8.60. The van der Waals surface area contributed by atoms with Crippen molar-refractivity contribution in [3.05, 3.63) is 51.9 Å². The summed E-state index contributed by atoms with van der Waals surface area (Å²) in [6.45, 7) is 3.27. The predicted octanol–water partition coefficient (Wildman–Crippen LogP) is 1.46. The minimum absolute atomic E-state index is 0.0702. The van der Waals surface area contributed by atoms with Gasteiger partial charge >= 0.3 is 0 Å². The monoisotopic (exact) mass is 373 g/mol. The number of hydrazone groups is 1. The average molecular weight is 373 g/mol. The minimum Gasteiger partial charge on any atom is -0.376 e. The molecular weight excluding hydrogens is 350 g/mol. The number of nitrogens with zero attached hydrogens (tertiary/aromatic N) is 3. The van der Waals surface area contributed by atoms with Gasteiger partial charge in [0.05, 0.1) is 23.7 Å². The maximum atomic E-state index is 12.6. The van der Waals surface area contributed by atoms with Crippen LogP contribution in [0.4, 0.5) is 0 Å². The summed E-state index contributed by atoms with van der Waals surface area (Å²) in [5, 5.41) is 7.69. The number of ether oxygens (including phenoxy) is 1. The Hall–Kier alpha value is -2.45. The van der Waals surface area contributed by atoms with E-state index >= 15 is 0 Å². The molecule has 7 nitrogen and oxygen atoms in total. The van der Waals surface area contributed by atoms with E-state index in [2.05, 4.69) is 15.8 Å². The van der Waals surface area contributed by atoms with Gasteiger partial charge in [-0.25, -0.2) is 4.68 Å². The summed E-state index contributed by atoms with van der Waals surface area (Å²) in [7, 11) is 1.83. The second-order valence-corrected chi connectivity index (χ2v) is 6.61. The Balaban J connectivity index is 1.67. The highest BCUT2D eigenvalue weighted by molar-refractivity contribution is 7.80. The van der Waals surface area contributed by atoms with Crippen molar-refractivity contribution in [3.63, 3.8) is 0 Å². The third-order valence-corrected chi connectivity index (χ3v) is 4.65. The molecule has 0 unspecified atom stereocenters. The van der Waals surface area contributed by atoms with Crippen molar-refractivity contribution in [2.45, 2.75) is 25.9 Å². The third kappa shape index (κ3) is 4.03. The van der Waals surface area contributed by atoms with Gasteiger partial charge in [0.25, 0.3) is 5.56 Å². The molecule has 2 heterocycles. The molecule has 1 aromatic heterocycles. The highest BCUT2D eigenvalue weighted by Gasteiger charge is 2.15. The molecule has 26 heavy (non-hydrogen) atoms. The fourth-order valence-electron chi connectivity index (χ4n) is 3.00. The van der Waals surface area contributed by atoms with Crippen molar-refractivity contribution >= 4 is 23.5 Å². The Kier molecular flexibility index (Phi) is 5.85. The smallest absolute Gasteiger partial charge is 0.274 e. The largest absolute Gasteiger partial charge is 0.376 e. The van der Waals surface area contributed by atoms with E-state index in [0.29, 0.717) is 22.9 Å². The van der Waals surface area contributed by atoms with Crippen molar-refractivity contribution in [1.29, 1.82) is 0 Å².